The Bertz CT molecular complexity index is 770. The predicted molar refractivity (Wildman–Crippen MR) is 96.8 cm³/mol. The molecule has 0 aromatic heterocycles. The van der Waals surface area contributed by atoms with E-state index in [0.29, 0.717) is 11.4 Å². The maximum Gasteiger partial charge on any atom is 0.344 e. The number of anilines is 1. The zero-order chi connectivity index (χ0) is 18.4. The van der Waals surface area contributed by atoms with Crippen molar-refractivity contribution in [1.82, 2.24) is 0 Å². The molecule has 0 fully saturated rings. The summed E-state index contributed by atoms with van der Waals surface area (Å²) in [5.74, 6) is -0.378. The zero-order valence-electron chi connectivity index (χ0n) is 15.0. The van der Waals surface area contributed by atoms with Crippen LogP contribution in [0.15, 0.2) is 42.5 Å². The molecule has 0 saturated carbocycles. The molecule has 0 heterocycles. The van der Waals surface area contributed by atoms with E-state index in [9.17, 15) is 9.59 Å². The summed E-state index contributed by atoms with van der Waals surface area (Å²) in [6.45, 7) is 7.15. The second-order valence-corrected chi connectivity index (χ2v) is 5.97. The standard InChI is InChI=1S/C20H23NO4/c1-13-9-10-17(11-15(13)3)24-12-19(22)25-16(4)20(23)21-18-8-6-5-7-14(18)2/h5-11,16H,12H2,1-4H3,(H,21,23)/t16-/m0/s1. The van der Waals surface area contributed by atoms with Crippen molar-refractivity contribution in [3.63, 3.8) is 0 Å². The molecule has 1 amide bonds. The van der Waals surface area contributed by atoms with Gasteiger partial charge in [-0.1, -0.05) is 24.3 Å². The molecule has 5 heteroatoms. The number of para-hydroxylation sites is 1. The molecule has 0 aliphatic carbocycles. The lowest BCUT2D eigenvalue weighted by Crippen LogP contribution is -2.31. The lowest BCUT2D eigenvalue weighted by Gasteiger charge is -2.15. The first-order valence-electron chi connectivity index (χ1n) is 8.13. The van der Waals surface area contributed by atoms with Crippen LogP contribution < -0.4 is 10.1 Å². The number of carbonyl (C=O) groups excluding carboxylic acids is 2. The van der Waals surface area contributed by atoms with Crippen LogP contribution in [0.4, 0.5) is 5.69 Å². The van der Waals surface area contributed by atoms with Gasteiger partial charge in [-0.25, -0.2) is 4.79 Å². The summed E-state index contributed by atoms with van der Waals surface area (Å²) in [6.07, 6.45) is -0.907. The Morgan fingerprint density at radius 2 is 1.72 bits per heavy atom. The number of hydrogen-bond acceptors (Lipinski definition) is 4. The fourth-order valence-electron chi connectivity index (χ4n) is 2.18. The van der Waals surface area contributed by atoms with Gasteiger partial charge in [-0.2, -0.15) is 0 Å². The Balaban J connectivity index is 1.83. The summed E-state index contributed by atoms with van der Waals surface area (Å²) in [6, 6.07) is 13.0. The number of amides is 1. The van der Waals surface area contributed by atoms with Crippen LogP contribution in [0.1, 0.15) is 23.6 Å². The van der Waals surface area contributed by atoms with E-state index in [1.165, 1.54) is 6.92 Å². The van der Waals surface area contributed by atoms with Gasteiger partial charge in [-0.15, -0.1) is 0 Å². The quantitative estimate of drug-likeness (QED) is 0.816. The van der Waals surface area contributed by atoms with Crippen molar-refractivity contribution in [3.05, 3.63) is 59.2 Å². The number of hydrogen-bond donors (Lipinski definition) is 1. The Morgan fingerprint density at radius 1 is 1.00 bits per heavy atom. The van der Waals surface area contributed by atoms with Crippen LogP contribution in [-0.4, -0.2) is 24.6 Å². The average molecular weight is 341 g/mol. The lowest BCUT2D eigenvalue weighted by atomic mass is 10.1. The van der Waals surface area contributed by atoms with E-state index in [1.807, 2.05) is 51.1 Å². The molecule has 25 heavy (non-hydrogen) atoms. The van der Waals surface area contributed by atoms with Gasteiger partial charge in [-0.05, 0) is 62.6 Å². The largest absolute Gasteiger partial charge is 0.482 e. The highest BCUT2D eigenvalue weighted by molar-refractivity contribution is 5.95. The van der Waals surface area contributed by atoms with Gasteiger partial charge in [0.1, 0.15) is 5.75 Å². The van der Waals surface area contributed by atoms with Crippen LogP contribution in [0, 0.1) is 20.8 Å². The Hall–Kier alpha value is -2.82. The summed E-state index contributed by atoms with van der Waals surface area (Å²) in [5.41, 5.74) is 3.86. The van der Waals surface area contributed by atoms with Gasteiger partial charge in [0.2, 0.25) is 0 Å². The number of ether oxygens (including phenoxy) is 2. The summed E-state index contributed by atoms with van der Waals surface area (Å²) in [5, 5.41) is 2.75. The van der Waals surface area contributed by atoms with Gasteiger partial charge in [0.15, 0.2) is 12.7 Å². The summed E-state index contributed by atoms with van der Waals surface area (Å²) in [7, 11) is 0. The van der Waals surface area contributed by atoms with Crippen molar-refractivity contribution in [3.8, 4) is 5.75 Å². The maximum absolute atomic E-state index is 12.1. The monoisotopic (exact) mass is 341 g/mol. The molecule has 1 atom stereocenters. The van der Waals surface area contributed by atoms with Crippen LogP contribution in [0.2, 0.25) is 0 Å². The SMILES string of the molecule is Cc1ccc(OCC(=O)O[C@@H](C)C(=O)Nc2ccccc2C)cc1C. The van der Waals surface area contributed by atoms with Crippen LogP contribution in [0.3, 0.4) is 0 Å². The van der Waals surface area contributed by atoms with Crippen molar-refractivity contribution < 1.29 is 19.1 Å². The van der Waals surface area contributed by atoms with Crippen molar-refractivity contribution >= 4 is 17.6 Å². The van der Waals surface area contributed by atoms with Gasteiger partial charge in [0, 0.05) is 5.69 Å². The van der Waals surface area contributed by atoms with E-state index in [4.69, 9.17) is 9.47 Å². The molecule has 2 aromatic rings. The Labute approximate surface area is 148 Å². The number of aryl methyl sites for hydroxylation is 3. The summed E-state index contributed by atoms with van der Waals surface area (Å²) >= 11 is 0. The lowest BCUT2D eigenvalue weighted by molar-refractivity contribution is -0.155. The van der Waals surface area contributed by atoms with E-state index in [2.05, 4.69) is 5.32 Å². The topological polar surface area (TPSA) is 64.6 Å². The molecule has 0 aliphatic rings. The molecule has 0 spiro atoms. The van der Waals surface area contributed by atoms with Gasteiger partial charge in [-0.3, -0.25) is 4.79 Å². The minimum Gasteiger partial charge on any atom is -0.482 e. The summed E-state index contributed by atoms with van der Waals surface area (Å²) < 4.78 is 10.5. The Kier molecular flexibility index (Phi) is 6.17. The number of benzene rings is 2. The highest BCUT2D eigenvalue weighted by atomic mass is 16.6. The van der Waals surface area contributed by atoms with E-state index in [1.54, 1.807) is 12.1 Å². The fraction of sp³-hybridized carbons (Fsp3) is 0.300. The highest BCUT2D eigenvalue weighted by Gasteiger charge is 2.18. The van der Waals surface area contributed by atoms with E-state index >= 15 is 0 Å². The highest BCUT2D eigenvalue weighted by Crippen LogP contribution is 2.17. The van der Waals surface area contributed by atoms with Gasteiger partial charge in [0.25, 0.3) is 5.91 Å². The molecular weight excluding hydrogens is 318 g/mol. The number of nitrogens with one attached hydrogen (secondary N) is 1. The van der Waals surface area contributed by atoms with Crippen LogP contribution >= 0.6 is 0 Å². The van der Waals surface area contributed by atoms with Gasteiger partial charge < -0.3 is 14.8 Å². The van der Waals surface area contributed by atoms with Crippen molar-refractivity contribution in [2.75, 3.05) is 11.9 Å². The van der Waals surface area contributed by atoms with Gasteiger partial charge >= 0.3 is 5.97 Å². The second kappa shape index (κ2) is 8.33. The summed E-state index contributed by atoms with van der Waals surface area (Å²) in [4.78, 5) is 24.0. The first-order valence-corrected chi connectivity index (χ1v) is 8.13. The molecule has 132 valence electrons. The molecular formula is C20H23NO4. The van der Waals surface area contributed by atoms with Crippen molar-refractivity contribution in [1.29, 1.82) is 0 Å². The van der Waals surface area contributed by atoms with Gasteiger partial charge in [0.05, 0.1) is 0 Å². The average Bonchev–Trinajstić information content (AvgIpc) is 2.58. The smallest absolute Gasteiger partial charge is 0.344 e. The molecule has 0 bridgehead atoms. The third-order valence-corrected chi connectivity index (χ3v) is 3.92. The molecule has 1 N–H and O–H groups in total. The molecule has 0 aliphatic heterocycles. The molecule has 5 nitrogen and oxygen atoms in total. The van der Waals surface area contributed by atoms with Crippen molar-refractivity contribution in [2.24, 2.45) is 0 Å². The fourth-order valence-corrected chi connectivity index (χ4v) is 2.18. The minimum atomic E-state index is -0.907. The third-order valence-electron chi connectivity index (χ3n) is 3.92. The third kappa shape index (κ3) is 5.35. The first kappa shape index (κ1) is 18.5. The number of carbonyl (C=O) groups is 2. The first-order chi connectivity index (χ1) is 11.9. The van der Waals surface area contributed by atoms with Crippen molar-refractivity contribution in [2.45, 2.75) is 33.8 Å². The predicted octanol–water partition coefficient (Wildman–Crippen LogP) is 3.56. The van der Waals surface area contributed by atoms with Crippen LogP contribution in [-0.2, 0) is 14.3 Å². The molecule has 0 unspecified atom stereocenters. The molecule has 2 rings (SSSR count). The Morgan fingerprint density at radius 3 is 2.40 bits per heavy atom. The zero-order valence-corrected chi connectivity index (χ0v) is 15.0. The van der Waals surface area contributed by atoms with Crippen LogP contribution in [0.5, 0.6) is 5.75 Å². The maximum atomic E-state index is 12.1. The minimum absolute atomic E-state index is 0.246. The molecule has 2 aromatic carbocycles. The number of esters is 1. The second-order valence-electron chi connectivity index (χ2n) is 5.97. The van der Waals surface area contributed by atoms with Crippen LogP contribution in [0.25, 0.3) is 0 Å². The van der Waals surface area contributed by atoms with E-state index in [0.717, 1.165) is 16.7 Å². The van der Waals surface area contributed by atoms with E-state index in [-0.39, 0.29) is 12.5 Å². The molecule has 0 radical (unpaired) electrons. The normalized spacial score (nSPS) is 11.5. The van der Waals surface area contributed by atoms with E-state index < -0.39 is 12.1 Å². The number of rotatable bonds is 6. The molecule has 0 saturated heterocycles.